The van der Waals surface area contributed by atoms with Gasteiger partial charge < -0.3 is 21.3 Å². The first-order valence-electron chi connectivity index (χ1n) is 15.6. The molecule has 0 unspecified atom stereocenters. The minimum absolute atomic E-state index is 0. The van der Waals surface area contributed by atoms with E-state index in [1.165, 1.54) is 16.4 Å². The molecule has 0 saturated carbocycles. The number of sulfonamides is 1. The highest BCUT2D eigenvalue weighted by atomic mass is 35.5. The number of nitrogens with one attached hydrogen (secondary N) is 1. The molecule has 5 N–H and O–H groups in total. The summed E-state index contributed by atoms with van der Waals surface area (Å²) < 4.78 is 28.8. The van der Waals surface area contributed by atoms with Crippen molar-refractivity contribution in [3.05, 3.63) is 102 Å². The summed E-state index contributed by atoms with van der Waals surface area (Å²) in [5.74, 6) is -0.260. The van der Waals surface area contributed by atoms with Crippen molar-refractivity contribution in [2.45, 2.75) is 88.4 Å². The molecular weight excluding hydrogens is 610 g/mol. The summed E-state index contributed by atoms with van der Waals surface area (Å²) in [6.45, 7) is 5.88. The number of rotatable bonds is 18. The number of aliphatic hydroxyl groups is 2. The van der Waals surface area contributed by atoms with Crippen LogP contribution in [0.4, 0.5) is 0 Å². The molecule has 0 fully saturated rings. The highest BCUT2D eigenvalue weighted by Crippen LogP contribution is 2.28. The first-order valence-corrected chi connectivity index (χ1v) is 17.0. The standard InChI is InChI=1S/C35H49N3O5S.ClH/c1-4-30(37-35(41)34(36)33(28-12-7-5-8-13-28)29-14-9-6-10-15-29)16-11-17-31(25-40)38(23-22-26(2)3)44(42,43)32-20-18-27(24-39)19-21-32;/h5-10,12-15,18-21,26,30-31,33-34,39-40H,4,11,16-17,22-25,36H2,1-3H3,(H,37,41);1H/t30-,31-,34-;/m0./s1. The number of hydrogen-bond donors (Lipinski definition) is 4. The molecule has 0 aromatic heterocycles. The molecule has 8 nitrogen and oxygen atoms in total. The SMILES string of the molecule is CC[C@@H](CCC[C@@H](CO)N(CCC(C)C)S(=O)(=O)c1ccc(CO)cc1)NC(=O)[C@@H](N)C(c1ccccc1)c1ccccc1.Cl. The molecule has 3 aromatic rings. The molecule has 0 aliphatic heterocycles. The van der Waals surface area contributed by atoms with Crippen LogP contribution in [-0.4, -0.2) is 60.1 Å². The van der Waals surface area contributed by atoms with Crippen LogP contribution >= 0.6 is 12.4 Å². The van der Waals surface area contributed by atoms with Crippen molar-refractivity contribution >= 4 is 28.3 Å². The number of halogens is 1. The highest BCUT2D eigenvalue weighted by molar-refractivity contribution is 7.89. The first kappa shape index (κ1) is 38.4. The van der Waals surface area contributed by atoms with Gasteiger partial charge in [0.1, 0.15) is 0 Å². The molecule has 0 radical (unpaired) electrons. The van der Waals surface area contributed by atoms with Gasteiger partial charge in [0.15, 0.2) is 0 Å². The zero-order chi connectivity index (χ0) is 32.1. The molecule has 0 spiro atoms. The third kappa shape index (κ3) is 10.9. The Morgan fingerprint density at radius 3 is 1.89 bits per heavy atom. The maximum atomic E-state index is 13.7. The Hall–Kier alpha value is -2.79. The smallest absolute Gasteiger partial charge is 0.243 e. The Kier molecular flexibility index (Phi) is 16.2. The van der Waals surface area contributed by atoms with E-state index < -0.39 is 22.1 Å². The topological polar surface area (TPSA) is 133 Å². The van der Waals surface area contributed by atoms with Crippen LogP contribution in [0.3, 0.4) is 0 Å². The van der Waals surface area contributed by atoms with Crippen LogP contribution in [-0.2, 0) is 21.4 Å². The van der Waals surface area contributed by atoms with Crippen LogP contribution in [0.2, 0.25) is 0 Å². The van der Waals surface area contributed by atoms with E-state index in [0.29, 0.717) is 37.7 Å². The molecule has 0 aliphatic rings. The fourth-order valence-electron chi connectivity index (χ4n) is 5.47. The molecule has 0 bridgehead atoms. The van der Waals surface area contributed by atoms with Gasteiger partial charge in [-0.3, -0.25) is 4.79 Å². The number of hydrogen-bond acceptors (Lipinski definition) is 6. The summed E-state index contributed by atoms with van der Waals surface area (Å²) in [7, 11) is -3.88. The average Bonchev–Trinajstić information content (AvgIpc) is 3.04. The van der Waals surface area contributed by atoms with Crippen molar-refractivity contribution in [1.29, 1.82) is 0 Å². The minimum atomic E-state index is -3.88. The van der Waals surface area contributed by atoms with Crippen molar-refractivity contribution in [3.63, 3.8) is 0 Å². The lowest BCUT2D eigenvalue weighted by atomic mass is 9.85. The minimum Gasteiger partial charge on any atom is -0.395 e. The van der Waals surface area contributed by atoms with E-state index >= 15 is 0 Å². The largest absolute Gasteiger partial charge is 0.395 e. The number of nitrogens with two attached hydrogens (primary N) is 1. The second-order valence-electron chi connectivity index (χ2n) is 11.8. The van der Waals surface area contributed by atoms with Gasteiger partial charge in [-0.25, -0.2) is 8.42 Å². The summed E-state index contributed by atoms with van der Waals surface area (Å²) in [6, 6.07) is 24.2. The molecule has 0 heterocycles. The van der Waals surface area contributed by atoms with E-state index in [9.17, 15) is 23.4 Å². The highest BCUT2D eigenvalue weighted by Gasteiger charge is 2.32. The van der Waals surface area contributed by atoms with Crippen LogP contribution < -0.4 is 11.1 Å². The van der Waals surface area contributed by atoms with Crippen LogP contribution in [0, 0.1) is 5.92 Å². The monoisotopic (exact) mass is 659 g/mol. The molecule has 3 rings (SSSR count). The van der Waals surface area contributed by atoms with Crippen molar-refractivity contribution in [2.24, 2.45) is 11.7 Å². The zero-order valence-corrected chi connectivity index (χ0v) is 28.2. The summed E-state index contributed by atoms with van der Waals surface area (Å²) in [4.78, 5) is 13.6. The second kappa shape index (κ2) is 19.0. The molecule has 3 atom stereocenters. The summed E-state index contributed by atoms with van der Waals surface area (Å²) in [6.07, 6.45) is 3.01. The van der Waals surface area contributed by atoms with Gasteiger partial charge in [-0.15, -0.1) is 12.4 Å². The number of benzene rings is 3. The number of carbonyl (C=O) groups is 1. The molecule has 10 heteroatoms. The molecule has 45 heavy (non-hydrogen) atoms. The molecule has 3 aromatic carbocycles. The number of aliphatic hydroxyl groups excluding tert-OH is 2. The number of nitrogens with zero attached hydrogens (tertiary/aromatic N) is 1. The van der Waals surface area contributed by atoms with E-state index in [-0.39, 0.29) is 60.8 Å². The predicted octanol–water partition coefficient (Wildman–Crippen LogP) is 5.22. The Bertz CT molecular complexity index is 1340. The molecule has 248 valence electrons. The lowest BCUT2D eigenvalue weighted by Gasteiger charge is -2.31. The fourth-order valence-corrected chi connectivity index (χ4v) is 7.13. The normalized spacial score (nSPS) is 13.8. The van der Waals surface area contributed by atoms with E-state index in [1.54, 1.807) is 12.1 Å². The number of amides is 1. The van der Waals surface area contributed by atoms with Gasteiger partial charge >= 0.3 is 0 Å². The summed E-state index contributed by atoms with van der Waals surface area (Å²) in [5, 5.41) is 22.8. The first-order chi connectivity index (χ1) is 21.1. The molecule has 1 amide bonds. The van der Waals surface area contributed by atoms with Crippen molar-refractivity contribution in [2.75, 3.05) is 13.2 Å². The van der Waals surface area contributed by atoms with Gasteiger partial charge in [0, 0.05) is 24.5 Å². The Morgan fingerprint density at radius 1 is 0.867 bits per heavy atom. The molecular formula is C35H50ClN3O5S. The van der Waals surface area contributed by atoms with Crippen molar-refractivity contribution < 1.29 is 23.4 Å². The Labute approximate surface area is 275 Å². The van der Waals surface area contributed by atoms with E-state index in [1.807, 2.05) is 81.4 Å². The van der Waals surface area contributed by atoms with E-state index in [4.69, 9.17) is 5.73 Å². The lowest BCUT2D eigenvalue weighted by Crippen LogP contribution is -2.48. The summed E-state index contributed by atoms with van der Waals surface area (Å²) in [5.41, 5.74) is 9.17. The van der Waals surface area contributed by atoms with Gasteiger partial charge in [0.05, 0.1) is 24.2 Å². The van der Waals surface area contributed by atoms with E-state index in [2.05, 4.69) is 5.32 Å². The Balaban J connectivity index is 0.00000705. The number of carbonyl (C=O) groups excluding carboxylic acids is 1. The van der Waals surface area contributed by atoms with Crippen molar-refractivity contribution in [1.82, 2.24) is 9.62 Å². The fraction of sp³-hybridized carbons (Fsp3) is 0.457. The van der Waals surface area contributed by atoms with Gasteiger partial charge in [-0.2, -0.15) is 4.31 Å². The maximum Gasteiger partial charge on any atom is 0.243 e. The van der Waals surface area contributed by atoms with Crippen LogP contribution in [0.15, 0.2) is 89.8 Å². The molecule has 0 aliphatic carbocycles. The quantitative estimate of drug-likeness (QED) is 0.148. The van der Waals surface area contributed by atoms with Crippen molar-refractivity contribution in [3.8, 4) is 0 Å². The second-order valence-corrected chi connectivity index (χ2v) is 13.7. The van der Waals surface area contributed by atoms with E-state index in [0.717, 1.165) is 11.1 Å². The van der Waals surface area contributed by atoms with Gasteiger partial charge in [-0.1, -0.05) is 93.6 Å². The molecule has 0 saturated heterocycles. The van der Waals surface area contributed by atoms with Gasteiger partial charge in [0.2, 0.25) is 15.9 Å². The third-order valence-corrected chi connectivity index (χ3v) is 10.1. The van der Waals surface area contributed by atoms with Crippen LogP contribution in [0.25, 0.3) is 0 Å². The average molecular weight is 660 g/mol. The maximum absolute atomic E-state index is 13.7. The lowest BCUT2D eigenvalue weighted by molar-refractivity contribution is -0.123. The Morgan fingerprint density at radius 2 is 1.42 bits per heavy atom. The van der Waals surface area contributed by atoms with Gasteiger partial charge in [0.25, 0.3) is 0 Å². The summed E-state index contributed by atoms with van der Waals surface area (Å²) >= 11 is 0. The zero-order valence-electron chi connectivity index (χ0n) is 26.6. The van der Waals surface area contributed by atoms with Crippen LogP contribution in [0.1, 0.15) is 75.5 Å². The predicted molar refractivity (Wildman–Crippen MR) is 183 cm³/mol. The third-order valence-electron chi connectivity index (χ3n) is 8.17. The van der Waals surface area contributed by atoms with Crippen LogP contribution in [0.5, 0.6) is 0 Å². The van der Waals surface area contributed by atoms with Gasteiger partial charge in [-0.05, 0) is 66.8 Å².